The van der Waals surface area contributed by atoms with Crippen LogP contribution in [0.15, 0.2) is 30.5 Å². The minimum Gasteiger partial charge on any atom is -0.465 e. The average Bonchev–Trinajstić information content (AvgIpc) is 2.95. The molecule has 0 unspecified atom stereocenters. The van der Waals surface area contributed by atoms with E-state index in [4.69, 9.17) is 4.74 Å². The molecule has 1 aromatic heterocycles. The van der Waals surface area contributed by atoms with Crippen LogP contribution in [-0.4, -0.2) is 30.1 Å². The second-order valence-corrected chi connectivity index (χ2v) is 7.07. The lowest BCUT2D eigenvalue weighted by Crippen LogP contribution is -2.42. The second kappa shape index (κ2) is 6.60. The molecule has 0 saturated carbocycles. The molecule has 0 spiro atoms. The molecular formula is C17H14F3IN2O3. The first-order valence-corrected chi connectivity index (χ1v) is 8.70. The number of aromatic nitrogens is 1. The highest BCUT2D eigenvalue weighted by molar-refractivity contribution is 14.1. The number of nitrogens with zero attached hydrogens (tertiary/aromatic N) is 2. The van der Waals surface area contributed by atoms with Crippen molar-refractivity contribution in [2.45, 2.75) is 19.1 Å². The van der Waals surface area contributed by atoms with Crippen LogP contribution in [-0.2, 0) is 10.9 Å². The lowest BCUT2D eigenvalue weighted by Gasteiger charge is -2.33. The summed E-state index contributed by atoms with van der Waals surface area (Å²) in [5.74, 6) is -1.08. The van der Waals surface area contributed by atoms with E-state index in [1.54, 1.807) is 10.8 Å². The van der Waals surface area contributed by atoms with Gasteiger partial charge >= 0.3 is 12.1 Å². The highest BCUT2D eigenvalue weighted by atomic mass is 127. The highest BCUT2D eigenvalue weighted by Gasteiger charge is 2.37. The summed E-state index contributed by atoms with van der Waals surface area (Å²) >= 11 is 1.96. The van der Waals surface area contributed by atoms with E-state index in [0.29, 0.717) is 9.26 Å². The molecule has 26 heavy (non-hydrogen) atoms. The molecule has 0 fully saturated rings. The van der Waals surface area contributed by atoms with Crippen LogP contribution in [0.25, 0.3) is 0 Å². The molecule has 0 saturated heterocycles. The molecule has 1 aromatic carbocycles. The summed E-state index contributed by atoms with van der Waals surface area (Å²) in [5.41, 5.74) is -0.0958. The molecule has 0 bridgehead atoms. The van der Waals surface area contributed by atoms with E-state index in [1.165, 1.54) is 24.1 Å². The Morgan fingerprint density at radius 2 is 1.88 bits per heavy atom. The number of carbonyl (C=O) groups is 2. The Labute approximate surface area is 160 Å². The molecule has 0 aliphatic carbocycles. The Hall–Kier alpha value is -2.04. The Morgan fingerprint density at radius 1 is 1.27 bits per heavy atom. The van der Waals surface area contributed by atoms with Gasteiger partial charge in [-0.2, -0.15) is 13.2 Å². The van der Waals surface area contributed by atoms with Gasteiger partial charge in [-0.05, 0) is 53.8 Å². The largest absolute Gasteiger partial charge is 0.465 e. The van der Waals surface area contributed by atoms with Gasteiger partial charge in [0.2, 0.25) is 0 Å². The van der Waals surface area contributed by atoms with Crippen LogP contribution in [0.5, 0.6) is 0 Å². The van der Waals surface area contributed by atoms with Gasteiger partial charge in [0.25, 0.3) is 5.91 Å². The van der Waals surface area contributed by atoms with E-state index in [1.807, 2.05) is 29.5 Å². The van der Waals surface area contributed by atoms with Gasteiger partial charge in [-0.3, -0.25) is 4.79 Å². The number of esters is 1. The summed E-state index contributed by atoms with van der Waals surface area (Å²) in [6, 6.07) is 4.23. The monoisotopic (exact) mass is 478 g/mol. The van der Waals surface area contributed by atoms with E-state index >= 15 is 0 Å². The van der Waals surface area contributed by atoms with Crippen LogP contribution in [0.4, 0.5) is 18.9 Å². The minimum absolute atomic E-state index is 0.156. The van der Waals surface area contributed by atoms with Crippen molar-refractivity contribution in [3.8, 4) is 0 Å². The topological polar surface area (TPSA) is 51.5 Å². The van der Waals surface area contributed by atoms with Crippen molar-refractivity contribution < 1.29 is 27.5 Å². The average molecular weight is 478 g/mol. The number of methoxy groups -OCH3 is 1. The number of ether oxygens (including phenoxy) is 1. The molecular weight excluding hydrogens is 464 g/mol. The predicted molar refractivity (Wildman–Crippen MR) is 96.3 cm³/mol. The first-order valence-electron chi connectivity index (χ1n) is 7.63. The Balaban J connectivity index is 2.04. The van der Waals surface area contributed by atoms with E-state index < -0.39 is 23.6 Å². The quantitative estimate of drug-likeness (QED) is 0.482. The molecule has 138 valence electrons. The summed E-state index contributed by atoms with van der Waals surface area (Å²) in [6.45, 7) is 2.15. The number of halogens is 4. The molecule has 5 nitrogen and oxygen atoms in total. The second-order valence-electron chi connectivity index (χ2n) is 5.91. The van der Waals surface area contributed by atoms with Crippen LogP contribution in [0, 0.1) is 3.57 Å². The SMILES string of the molecule is COC(=O)c1c(I)cn2c1C(=O)N(c1ccc(C(F)(F)F)cc1)C[C@@H]2C. The molecule has 2 aromatic rings. The van der Waals surface area contributed by atoms with Gasteiger partial charge in [-0.1, -0.05) is 0 Å². The van der Waals surface area contributed by atoms with Gasteiger partial charge in [0.05, 0.1) is 12.7 Å². The van der Waals surface area contributed by atoms with Gasteiger partial charge in [-0.15, -0.1) is 0 Å². The third-order valence-electron chi connectivity index (χ3n) is 4.25. The van der Waals surface area contributed by atoms with Crippen molar-refractivity contribution in [3.05, 3.63) is 50.9 Å². The van der Waals surface area contributed by atoms with Crippen molar-refractivity contribution in [2.75, 3.05) is 18.6 Å². The molecule has 1 amide bonds. The number of fused-ring (bicyclic) bond motifs is 1. The number of rotatable bonds is 2. The van der Waals surface area contributed by atoms with Gasteiger partial charge < -0.3 is 14.2 Å². The Kier molecular flexibility index (Phi) is 4.76. The minimum atomic E-state index is -4.44. The molecule has 1 atom stereocenters. The van der Waals surface area contributed by atoms with Gasteiger partial charge in [0, 0.05) is 28.0 Å². The maximum atomic E-state index is 13.0. The van der Waals surface area contributed by atoms with Crippen molar-refractivity contribution in [2.24, 2.45) is 0 Å². The number of hydrogen-bond acceptors (Lipinski definition) is 3. The Morgan fingerprint density at radius 3 is 2.42 bits per heavy atom. The molecule has 0 N–H and O–H groups in total. The first-order chi connectivity index (χ1) is 12.1. The maximum absolute atomic E-state index is 13.0. The summed E-state index contributed by atoms with van der Waals surface area (Å²) in [7, 11) is 1.23. The smallest absolute Gasteiger partial charge is 0.416 e. The molecule has 2 heterocycles. The van der Waals surface area contributed by atoms with E-state index in [-0.39, 0.29) is 23.8 Å². The predicted octanol–water partition coefficient (Wildman–Crippen LogP) is 4.12. The highest BCUT2D eigenvalue weighted by Crippen LogP contribution is 2.34. The molecule has 1 aliphatic rings. The third kappa shape index (κ3) is 3.08. The molecule has 9 heteroatoms. The fourth-order valence-electron chi connectivity index (χ4n) is 2.97. The summed E-state index contributed by atoms with van der Waals surface area (Å²) < 4.78 is 45.3. The molecule has 0 radical (unpaired) electrons. The van der Waals surface area contributed by atoms with Gasteiger partial charge in [0.1, 0.15) is 11.3 Å². The fraction of sp³-hybridized carbons (Fsp3) is 0.294. The lowest BCUT2D eigenvalue weighted by atomic mass is 10.1. The normalized spacial score (nSPS) is 17.2. The summed E-state index contributed by atoms with van der Waals surface area (Å²) in [4.78, 5) is 26.4. The molecule has 3 rings (SSSR count). The maximum Gasteiger partial charge on any atom is 0.416 e. The number of benzene rings is 1. The van der Waals surface area contributed by atoms with E-state index in [2.05, 4.69) is 0 Å². The Bertz CT molecular complexity index is 875. The van der Waals surface area contributed by atoms with Crippen molar-refractivity contribution in [3.63, 3.8) is 0 Å². The zero-order valence-electron chi connectivity index (χ0n) is 13.8. The lowest BCUT2D eigenvalue weighted by molar-refractivity contribution is -0.137. The zero-order valence-corrected chi connectivity index (χ0v) is 16.0. The number of carbonyl (C=O) groups excluding carboxylic acids is 2. The summed E-state index contributed by atoms with van der Waals surface area (Å²) in [6.07, 6.45) is -2.74. The summed E-state index contributed by atoms with van der Waals surface area (Å²) in [5, 5.41) is 0. The van der Waals surface area contributed by atoms with Crippen LogP contribution < -0.4 is 4.90 Å². The first kappa shape index (κ1) is 18.7. The fourth-order valence-corrected chi connectivity index (χ4v) is 3.75. The number of anilines is 1. The number of amides is 1. The van der Waals surface area contributed by atoms with Gasteiger partial charge in [0.15, 0.2) is 0 Å². The van der Waals surface area contributed by atoms with Crippen LogP contribution in [0.1, 0.15) is 39.4 Å². The third-order valence-corrected chi connectivity index (χ3v) is 5.07. The standard InChI is InChI=1S/C17H14F3IN2O3/c1-9-7-23(11-5-3-10(4-6-11)17(18,19)20)15(24)14-13(16(25)26-2)12(21)8-22(9)14/h3-6,8-9H,7H2,1-2H3/t9-/m0/s1. The van der Waals surface area contributed by atoms with Crippen molar-refractivity contribution >= 4 is 40.2 Å². The van der Waals surface area contributed by atoms with Crippen LogP contribution in [0.2, 0.25) is 0 Å². The van der Waals surface area contributed by atoms with E-state index in [9.17, 15) is 22.8 Å². The van der Waals surface area contributed by atoms with E-state index in [0.717, 1.165) is 12.1 Å². The van der Waals surface area contributed by atoms with Crippen LogP contribution in [0.3, 0.4) is 0 Å². The zero-order chi connectivity index (χ0) is 19.2. The number of hydrogen-bond donors (Lipinski definition) is 0. The van der Waals surface area contributed by atoms with Crippen molar-refractivity contribution in [1.29, 1.82) is 0 Å². The molecule has 1 aliphatic heterocycles. The van der Waals surface area contributed by atoms with Crippen LogP contribution >= 0.6 is 22.6 Å². The van der Waals surface area contributed by atoms with Crippen molar-refractivity contribution in [1.82, 2.24) is 4.57 Å². The number of alkyl halides is 3. The van der Waals surface area contributed by atoms with Gasteiger partial charge in [-0.25, -0.2) is 4.79 Å².